The number of aromatic nitrogens is 1. The van der Waals surface area contributed by atoms with Crippen LogP contribution in [0.4, 0.5) is 5.13 Å². The molecule has 3 rings (SSSR count). The largest absolute Gasteiger partial charge is 0.298 e. The molecule has 0 fully saturated rings. The first-order valence-corrected chi connectivity index (χ1v) is 11.1. The second-order valence-corrected chi connectivity index (χ2v) is 9.20. The van der Waals surface area contributed by atoms with E-state index in [2.05, 4.69) is 20.9 Å². The van der Waals surface area contributed by atoms with Crippen LogP contribution in [0.5, 0.6) is 0 Å². The van der Waals surface area contributed by atoms with Gasteiger partial charge in [-0.3, -0.25) is 10.1 Å². The van der Waals surface area contributed by atoms with E-state index in [0.717, 1.165) is 10.4 Å². The number of thiazole rings is 1. The highest BCUT2D eigenvalue weighted by Crippen LogP contribution is 2.25. The Morgan fingerprint density at radius 1 is 1.17 bits per heavy atom. The number of terminal acetylenes is 1. The van der Waals surface area contributed by atoms with E-state index in [-0.39, 0.29) is 17.3 Å². The van der Waals surface area contributed by atoms with Gasteiger partial charge in [0, 0.05) is 28.1 Å². The minimum atomic E-state index is -3.70. The highest BCUT2D eigenvalue weighted by Gasteiger charge is 2.15. The van der Waals surface area contributed by atoms with Gasteiger partial charge in [-0.15, -0.1) is 17.8 Å². The average Bonchev–Trinajstić information content (AvgIpc) is 3.15. The van der Waals surface area contributed by atoms with Crippen molar-refractivity contribution >= 4 is 44.0 Å². The van der Waals surface area contributed by atoms with Crippen LogP contribution in [-0.4, -0.2) is 25.9 Å². The summed E-state index contributed by atoms with van der Waals surface area (Å²) < 4.78 is 26.3. The van der Waals surface area contributed by atoms with Gasteiger partial charge in [0.2, 0.25) is 10.0 Å². The standard InChI is InChI=1S/C20H16ClN3O3S2/c1-2-11-23-29(26,27)17-9-7-14(8-10-17)19(25)24-20-22-13-16(28-20)12-15-5-3-4-6-18(15)21/h1,3-10,13,23H,11-12H2,(H,22,24,25). The van der Waals surface area contributed by atoms with Crippen LogP contribution < -0.4 is 10.0 Å². The van der Waals surface area contributed by atoms with Crippen molar-refractivity contribution in [2.24, 2.45) is 0 Å². The Morgan fingerprint density at radius 2 is 1.90 bits per heavy atom. The van der Waals surface area contributed by atoms with Gasteiger partial charge in [0.25, 0.3) is 5.91 Å². The number of nitrogens with one attached hydrogen (secondary N) is 2. The van der Waals surface area contributed by atoms with E-state index in [1.165, 1.54) is 35.6 Å². The highest BCUT2D eigenvalue weighted by atomic mass is 35.5. The molecule has 6 nitrogen and oxygen atoms in total. The molecule has 148 valence electrons. The number of anilines is 1. The summed E-state index contributed by atoms with van der Waals surface area (Å²) in [6, 6.07) is 13.1. The molecule has 1 aromatic heterocycles. The molecular formula is C20H16ClN3O3S2. The number of carbonyl (C=O) groups excluding carboxylic acids is 1. The monoisotopic (exact) mass is 445 g/mol. The second-order valence-electron chi connectivity index (χ2n) is 5.91. The smallest absolute Gasteiger partial charge is 0.257 e. The number of hydrogen-bond acceptors (Lipinski definition) is 5. The van der Waals surface area contributed by atoms with Gasteiger partial charge in [-0.05, 0) is 35.9 Å². The van der Waals surface area contributed by atoms with Crippen LogP contribution in [0.15, 0.2) is 59.6 Å². The number of benzene rings is 2. The minimum absolute atomic E-state index is 0.0283. The molecule has 0 aliphatic carbocycles. The van der Waals surface area contributed by atoms with Crippen molar-refractivity contribution in [1.29, 1.82) is 0 Å². The summed E-state index contributed by atoms with van der Waals surface area (Å²) in [5.41, 5.74) is 1.29. The van der Waals surface area contributed by atoms with Gasteiger partial charge in [-0.25, -0.2) is 13.4 Å². The van der Waals surface area contributed by atoms with Crippen LogP contribution in [0, 0.1) is 12.3 Å². The summed E-state index contributed by atoms with van der Waals surface area (Å²) in [5.74, 6) is 1.82. The third-order valence-electron chi connectivity index (χ3n) is 3.89. The van der Waals surface area contributed by atoms with Crippen LogP contribution >= 0.6 is 22.9 Å². The van der Waals surface area contributed by atoms with Gasteiger partial charge >= 0.3 is 0 Å². The molecule has 9 heteroatoms. The normalized spacial score (nSPS) is 11.0. The molecule has 0 saturated heterocycles. The molecule has 3 aromatic rings. The fourth-order valence-corrected chi connectivity index (χ4v) is 4.42. The number of hydrogen-bond donors (Lipinski definition) is 2. The summed E-state index contributed by atoms with van der Waals surface area (Å²) >= 11 is 7.53. The van der Waals surface area contributed by atoms with Crippen LogP contribution in [-0.2, 0) is 16.4 Å². The van der Waals surface area contributed by atoms with Gasteiger partial charge in [-0.2, -0.15) is 4.72 Å². The van der Waals surface area contributed by atoms with Crippen LogP contribution in [0.25, 0.3) is 0 Å². The predicted molar refractivity (Wildman–Crippen MR) is 115 cm³/mol. The molecule has 0 aliphatic heterocycles. The molecule has 0 unspecified atom stereocenters. The van der Waals surface area contributed by atoms with Crippen molar-refractivity contribution in [3.63, 3.8) is 0 Å². The first-order chi connectivity index (χ1) is 13.9. The Labute approximate surface area is 178 Å². The van der Waals surface area contributed by atoms with Crippen molar-refractivity contribution < 1.29 is 13.2 Å². The van der Waals surface area contributed by atoms with Crippen molar-refractivity contribution in [2.75, 3.05) is 11.9 Å². The molecule has 0 atom stereocenters. The summed E-state index contributed by atoms with van der Waals surface area (Å²) in [5, 5.41) is 3.84. The average molecular weight is 446 g/mol. The zero-order chi connectivity index (χ0) is 20.9. The SMILES string of the molecule is C#CCNS(=O)(=O)c1ccc(C(=O)Nc2ncc(Cc3ccccc3Cl)s2)cc1. The Kier molecular flexibility index (Phi) is 6.67. The quantitative estimate of drug-likeness (QED) is 0.544. The minimum Gasteiger partial charge on any atom is -0.298 e. The van der Waals surface area contributed by atoms with E-state index in [4.69, 9.17) is 18.0 Å². The molecule has 2 N–H and O–H groups in total. The molecule has 2 aromatic carbocycles. The van der Waals surface area contributed by atoms with Crippen molar-refractivity contribution in [1.82, 2.24) is 9.71 Å². The first kappa shape index (κ1) is 21.0. The summed E-state index contributed by atoms with van der Waals surface area (Å²) in [4.78, 5) is 17.6. The third-order valence-corrected chi connectivity index (χ3v) is 6.59. The molecule has 29 heavy (non-hydrogen) atoms. The fraction of sp³-hybridized carbons (Fsp3) is 0.100. The van der Waals surface area contributed by atoms with Crippen molar-refractivity contribution in [3.8, 4) is 12.3 Å². The van der Waals surface area contributed by atoms with Gasteiger partial charge in [0.1, 0.15) is 0 Å². The zero-order valence-corrected chi connectivity index (χ0v) is 17.4. The Hall–Kier alpha value is -2.70. The Balaban J connectivity index is 1.66. The maximum atomic E-state index is 12.4. The van der Waals surface area contributed by atoms with Crippen molar-refractivity contribution in [3.05, 3.63) is 75.8 Å². The lowest BCUT2D eigenvalue weighted by atomic mass is 10.1. The van der Waals surface area contributed by atoms with Gasteiger partial charge in [0.15, 0.2) is 5.13 Å². The maximum Gasteiger partial charge on any atom is 0.257 e. The van der Waals surface area contributed by atoms with E-state index in [1.54, 1.807) is 6.20 Å². The van der Waals surface area contributed by atoms with E-state index >= 15 is 0 Å². The van der Waals surface area contributed by atoms with Crippen LogP contribution in [0.1, 0.15) is 20.8 Å². The molecule has 0 aliphatic rings. The van der Waals surface area contributed by atoms with E-state index in [0.29, 0.717) is 22.1 Å². The lowest BCUT2D eigenvalue weighted by Crippen LogP contribution is -2.24. The van der Waals surface area contributed by atoms with Crippen LogP contribution in [0.3, 0.4) is 0 Å². The highest BCUT2D eigenvalue weighted by molar-refractivity contribution is 7.89. The van der Waals surface area contributed by atoms with Gasteiger partial charge in [0.05, 0.1) is 11.4 Å². The zero-order valence-electron chi connectivity index (χ0n) is 15.1. The van der Waals surface area contributed by atoms with Gasteiger partial charge < -0.3 is 0 Å². The third kappa shape index (κ3) is 5.43. The molecule has 0 spiro atoms. The fourth-order valence-electron chi connectivity index (χ4n) is 2.45. The molecule has 0 bridgehead atoms. The van der Waals surface area contributed by atoms with E-state index < -0.39 is 10.0 Å². The van der Waals surface area contributed by atoms with Gasteiger partial charge in [-0.1, -0.05) is 35.7 Å². The number of rotatable bonds is 7. The van der Waals surface area contributed by atoms with Crippen LogP contribution in [0.2, 0.25) is 5.02 Å². The molecular weight excluding hydrogens is 430 g/mol. The first-order valence-electron chi connectivity index (χ1n) is 8.42. The van der Waals surface area contributed by atoms with E-state index in [1.807, 2.05) is 24.3 Å². The summed E-state index contributed by atoms with van der Waals surface area (Å²) in [7, 11) is -3.70. The molecule has 0 radical (unpaired) electrons. The topological polar surface area (TPSA) is 88.2 Å². The maximum absolute atomic E-state index is 12.4. The summed E-state index contributed by atoms with van der Waals surface area (Å²) in [6.07, 6.45) is 7.37. The number of halogens is 1. The van der Waals surface area contributed by atoms with E-state index in [9.17, 15) is 13.2 Å². The second kappa shape index (κ2) is 9.20. The molecule has 1 amide bonds. The number of nitrogens with zero attached hydrogens (tertiary/aromatic N) is 1. The Bertz CT molecular complexity index is 1170. The molecule has 0 saturated carbocycles. The number of carbonyl (C=O) groups is 1. The number of sulfonamides is 1. The Morgan fingerprint density at radius 3 is 2.59 bits per heavy atom. The number of amides is 1. The molecule has 1 heterocycles. The predicted octanol–water partition coefficient (Wildman–Crippen LogP) is 3.55. The lowest BCUT2D eigenvalue weighted by molar-refractivity contribution is 0.102. The lowest BCUT2D eigenvalue weighted by Gasteiger charge is -2.06. The van der Waals surface area contributed by atoms with Crippen molar-refractivity contribution in [2.45, 2.75) is 11.3 Å². The summed E-state index contributed by atoms with van der Waals surface area (Å²) in [6.45, 7) is -0.106.